The Kier molecular flexibility index (Phi) is 5.04. The summed E-state index contributed by atoms with van der Waals surface area (Å²) in [6, 6.07) is 2.08. The molecule has 0 aliphatic heterocycles. The lowest BCUT2D eigenvalue weighted by Gasteiger charge is -2.15. The topological polar surface area (TPSA) is 93.1 Å². The number of alkyl halides is 2. The molecule has 2 N–H and O–H groups in total. The van der Waals surface area contributed by atoms with E-state index in [1.165, 1.54) is 0 Å². The van der Waals surface area contributed by atoms with Crippen molar-refractivity contribution in [2.75, 3.05) is 6.26 Å². The van der Waals surface area contributed by atoms with Gasteiger partial charge in [0.25, 0.3) is 0 Å². The van der Waals surface area contributed by atoms with E-state index in [0.29, 0.717) is 0 Å². The van der Waals surface area contributed by atoms with Gasteiger partial charge in [-0.2, -0.15) is 17.2 Å². The molecule has 0 fully saturated rings. The normalized spacial score (nSPS) is 11.7. The first-order valence-corrected chi connectivity index (χ1v) is 6.81. The summed E-state index contributed by atoms with van der Waals surface area (Å²) in [7, 11) is -3.85. The largest absolute Gasteiger partial charge is 0.434 e. The molecule has 0 atom stereocenters. The van der Waals surface area contributed by atoms with E-state index in [1.54, 1.807) is 0 Å². The SMILES string of the molecule is CS(=O)(=O)Oc1ccc(OC(F)F)c(CO)c1CO. The molecule has 9 heteroatoms. The number of rotatable bonds is 6. The Bertz CT molecular complexity index is 543. The summed E-state index contributed by atoms with van der Waals surface area (Å²) >= 11 is 0. The second-order valence-corrected chi connectivity index (χ2v) is 5.08. The highest BCUT2D eigenvalue weighted by Crippen LogP contribution is 2.32. The second-order valence-electron chi connectivity index (χ2n) is 3.50. The summed E-state index contributed by atoms with van der Waals surface area (Å²) in [6.45, 7) is -4.54. The van der Waals surface area contributed by atoms with Crippen LogP contribution in [0.1, 0.15) is 11.1 Å². The number of hydrogen-bond acceptors (Lipinski definition) is 6. The van der Waals surface area contributed by atoms with Gasteiger partial charge in [0.2, 0.25) is 0 Å². The van der Waals surface area contributed by atoms with Gasteiger partial charge in [-0.25, -0.2) is 0 Å². The van der Waals surface area contributed by atoms with E-state index in [1.807, 2.05) is 0 Å². The molecule has 0 bridgehead atoms. The molecule has 1 rings (SSSR count). The van der Waals surface area contributed by atoms with Crippen LogP contribution in [0, 0.1) is 0 Å². The molecule has 108 valence electrons. The molecular weight excluding hydrogens is 286 g/mol. The zero-order valence-electron chi connectivity index (χ0n) is 9.84. The lowest BCUT2D eigenvalue weighted by molar-refractivity contribution is -0.0511. The van der Waals surface area contributed by atoms with Crippen LogP contribution in [-0.2, 0) is 23.3 Å². The van der Waals surface area contributed by atoms with Gasteiger partial charge < -0.3 is 19.1 Å². The van der Waals surface area contributed by atoms with Gasteiger partial charge in [0.1, 0.15) is 11.5 Å². The van der Waals surface area contributed by atoms with Crippen molar-refractivity contribution in [3.8, 4) is 11.5 Å². The second kappa shape index (κ2) is 6.13. The highest BCUT2D eigenvalue weighted by molar-refractivity contribution is 7.86. The molecule has 1 aromatic carbocycles. The molecular formula is C10H12F2O6S. The molecule has 0 unspecified atom stereocenters. The minimum Gasteiger partial charge on any atom is -0.434 e. The molecule has 0 saturated carbocycles. The van der Waals surface area contributed by atoms with Gasteiger partial charge in [-0.15, -0.1) is 0 Å². The average Bonchev–Trinajstić information content (AvgIpc) is 2.27. The first-order chi connectivity index (χ1) is 8.78. The summed E-state index contributed by atoms with van der Waals surface area (Å²) in [4.78, 5) is 0. The van der Waals surface area contributed by atoms with Crippen molar-refractivity contribution in [3.05, 3.63) is 23.3 Å². The Balaban J connectivity index is 3.30. The van der Waals surface area contributed by atoms with Gasteiger partial charge in [0.05, 0.1) is 19.5 Å². The lowest BCUT2D eigenvalue weighted by Crippen LogP contribution is -2.11. The molecule has 0 amide bonds. The average molecular weight is 298 g/mol. The smallest absolute Gasteiger partial charge is 0.387 e. The summed E-state index contributed by atoms with van der Waals surface area (Å²) in [5.74, 6) is -0.613. The fourth-order valence-corrected chi connectivity index (χ4v) is 1.93. The Hall–Kier alpha value is -1.45. The van der Waals surface area contributed by atoms with E-state index in [2.05, 4.69) is 8.92 Å². The lowest BCUT2D eigenvalue weighted by atomic mass is 10.1. The summed E-state index contributed by atoms with van der Waals surface area (Å²) in [5.41, 5.74) is -0.296. The molecule has 0 spiro atoms. The van der Waals surface area contributed by atoms with E-state index in [0.717, 1.165) is 18.4 Å². The molecule has 19 heavy (non-hydrogen) atoms. The van der Waals surface area contributed by atoms with Crippen LogP contribution in [0.5, 0.6) is 11.5 Å². The maximum atomic E-state index is 12.2. The van der Waals surface area contributed by atoms with Crippen LogP contribution in [0.25, 0.3) is 0 Å². The molecule has 0 aliphatic carbocycles. The van der Waals surface area contributed by atoms with Gasteiger partial charge in [-0.1, -0.05) is 0 Å². The molecule has 6 nitrogen and oxygen atoms in total. The summed E-state index contributed by atoms with van der Waals surface area (Å²) in [6.07, 6.45) is 0.788. The number of aliphatic hydroxyl groups excluding tert-OH is 2. The third-order valence-electron chi connectivity index (χ3n) is 2.12. The molecule has 0 aromatic heterocycles. The first-order valence-electron chi connectivity index (χ1n) is 4.99. The number of halogens is 2. The number of ether oxygens (including phenoxy) is 1. The Labute approximate surface area is 108 Å². The van der Waals surface area contributed by atoms with Crippen molar-refractivity contribution in [2.45, 2.75) is 19.8 Å². The third kappa shape index (κ3) is 4.30. The summed E-state index contributed by atoms with van der Waals surface area (Å²) < 4.78 is 55.1. The first kappa shape index (κ1) is 15.6. The predicted octanol–water partition coefficient (Wildman–Crippen LogP) is 0.611. The van der Waals surface area contributed by atoms with Crippen LogP contribution in [-0.4, -0.2) is 31.5 Å². The molecule has 1 aromatic rings. The number of hydrogen-bond donors (Lipinski definition) is 2. The Morgan fingerprint density at radius 3 is 2.05 bits per heavy atom. The zero-order chi connectivity index (χ0) is 14.6. The molecule has 0 heterocycles. The van der Waals surface area contributed by atoms with Gasteiger partial charge in [0.15, 0.2) is 0 Å². The van der Waals surface area contributed by atoms with Crippen molar-refractivity contribution in [1.29, 1.82) is 0 Å². The molecule has 0 aliphatic rings. The molecule has 0 saturated heterocycles. The van der Waals surface area contributed by atoms with Gasteiger partial charge in [-0.3, -0.25) is 0 Å². The third-order valence-corrected chi connectivity index (χ3v) is 2.60. The highest BCUT2D eigenvalue weighted by atomic mass is 32.2. The maximum absolute atomic E-state index is 12.2. The van der Waals surface area contributed by atoms with E-state index < -0.39 is 29.9 Å². The Morgan fingerprint density at radius 1 is 1.16 bits per heavy atom. The van der Waals surface area contributed by atoms with Crippen LogP contribution in [0.4, 0.5) is 8.78 Å². The molecule has 0 radical (unpaired) electrons. The van der Waals surface area contributed by atoms with Crippen molar-refractivity contribution >= 4 is 10.1 Å². The van der Waals surface area contributed by atoms with Crippen molar-refractivity contribution in [2.24, 2.45) is 0 Å². The van der Waals surface area contributed by atoms with E-state index in [-0.39, 0.29) is 22.6 Å². The quantitative estimate of drug-likeness (QED) is 0.748. The zero-order valence-corrected chi connectivity index (χ0v) is 10.7. The van der Waals surface area contributed by atoms with Crippen LogP contribution >= 0.6 is 0 Å². The van der Waals surface area contributed by atoms with Crippen molar-refractivity contribution < 1.29 is 36.3 Å². The highest BCUT2D eigenvalue weighted by Gasteiger charge is 2.19. The van der Waals surface area contributed by atoms with Crippen LogP contribution in [0.3, 0.4) is 0 Å². The minimum atomic E-state index is -3.85. The minimum absolute atomic E-state index is 0.133. The fourth-order valence-electron chi connectivity index (χ4n) is 1.44. The van der Waals surface area contributed by atoms with Crippen molar-refractivity contribution in [3.63, 3.8) is 0 Å². The van der Waals surface area contributed by atoms with E-state index >= 15 is 0 Å². The van der Waals surface area contributed by atoms with Crippen LogP contribution in [0.2, 0.25) is 0 Å². The van der Waals surface area contributed by atoms with Crippen molar-refractivity contribution in [1.82, 2.24) is 0 Å². The fraction of sp³-hybridized carbons (Fsp3) is 0.400. The van der Waals surface area contributed by atoms with Gasteiger partial charge in [0, 0.05) is 11.1 Å². The van der Waals surface area contributed by atoms with Gasteiger partial charge in [-0.05, 0) is 12.1 Å². The number of aliphatic hydroxyl groups is 2. The van der Waals surface area contributed by atoms with E-state index in [4.69, 9.17) is 10.2 Å². The van der Waals surface area contributed by atoms with Crippen LogP contribution in [0.15, 0.2) is 12.1 Å². The maximum Gasteiger partial charge on any atom is 0.387 e. The number of benzene rings is 1. The van der Waals surface area contributed by atoms with Crippen LogP contribution < -0.4 is 8.92 Å². The predicted molar refractivity (Wildman–Crippen MR) is 60.4 cm³/mol. The summed E-state index contributed by atoms with van der Waals surface area (Å²) in [5, 5.41) is 18.3. The Morgan fingerprint density at radius 2 is 1.63 bits per heavy atom. The van der Waals surface area contributed by atoms with E-state index in [9.17, 15) is 17.2 Å². The van der Waals surface area contributed by atoms with Gasteiger partial charge >= 0.3 is 16.7 Å². The monoisotopic (exact) mass is 298 g/mol. The standard InChI is InChI=1S/C10H12F2O6S/c1-19(15,16)18-9-3-2-8(17-10(11)12)6(4-13)7(9)5-14/h2-3,10,13-14H,4-5H2,1H3.